The van der Waals surface area contributed by atoms with E-state index in [1.54, 1.807) is 6.26 Å². The highest BCUT2D eigenvalue weighted by Crippen LogP contribution is 2.30. The third kappa shape index (κ3) is 2.48. The van der Waals surface area contributed by atoms with Gasteiger partial charge in [0.2, 0.25) is 0 Å². The Morgan fingerprint density at radius 3 is 2.84 bits per heavy atom. The van der Waals surface area contributed by atoms with Crippen molar-refractivity contribution in [1.29, 1.82) is 0 Å². The van der Waals surface area contributed by atoms with Gasteiger partial charge in [-0.2, -0.15) is 0 Å². The zero-order valence-electron chi connectivity index (χ0n) is 11.0. The Bertz CT molecular complexity index is 593. The number of allylic oxidation sites excluding steroid dienone is 4. The van der Waals surface area contributed by atoms with Crippen LogP contribution in [-0.4, -0.2) is 6.54 Å². The van der Waals surface area contributed by atoms with Crippen molar-refractivity contribution in [1.82, 2.24) is 5.32 Å². The molecular formula is C17H17NO. The Morgan fingerprint density at radius 2 is 2.05 bits per heavy atom. The summed E-state index contributed by atoms with van der Waals surface area (Å²) in [5.41, 5.74) is 4.95. The van der Waals surface area contributed by atoms with Crippen LogP contribution in [0.15, 0.2) is 72.2 Å². The van der Waals surface area contributed by atoms with E-state index in [9.17, 15) is 0 Å². The Morgan fingerprint density at radius 1 is 1.16 bits per heavy atom. The largest absolute Gasteiger partial charge is 0.489 e. The highest BCUT2D eigenvalue weighted by atomic mass is 16.5. The van der Waals surface area contributed by atoms with Gasteiger partial charge < -0.3 is 10.1 Å². The molecule has 2 nitrogen and oxygen atoms in total. The van der Waals surface area contributed by atoms with Crippen LogP contribution in [0.2, 0.25) is 0 Å². The summed E-state index contributed by atoms with van der Waals surface area (Å²) in [4.78, 5) is 0. The van der Waals surface area contributed by atoms with Gasteiger partial charge >= 0.3 is 0 Å². The average Bonchev–Trinajstić information content (AvgIpc) is 2.49. The molecule has 0 spiro atoms. The molecule has 1 aromatic rings. The summed E-state index contributed by atoms with van der Waals surface area (Å²) in [7, 11) is 0. The molecule has 0 saturated heterocycles. The lowest BCUT2D eigenvalue weighted by molar-refractivity contribution is 0.184. The second-order valence-electron chi connectivity index (χ2n) is 4.74. The maximum Gasteiger partial charge on any atom is 0.142 e. The van der Waals surface area contributed by atoms with Crippen LogP contribution < -0.4 is 5.32 Å². The normalized spacial score (nSPS) is 21.2. The first-order chi connectivity index (χ1) is 9.34. The van der Waals surface area contributed by atoms with Gasteiger partial charge in [0.05, 0.1) is 6.26 Å². The van der Waals surface area contributed by atoms with E-state index in [0.29, 0.717) is 0 Å². The van der Waals surface area contributed by atoms with Crippen molar-refractivity contribution < 1.29 is 4.74 Å². The summed E-state index contributed by atoms with van der Waals surface area (Å²) in [6.45, 7) is 3.00. The van der Waals surface area contributed by atoms with Gasteiger partial charge in [-0.05, 0) is 53.6 Å². The second kappa shape index (κ2) is 5.19. The monoisotopic (exact) mass is 251 g/mol. The molecule has 3 rings (SSSR count). The standard InChI is InChI=1S/C17H17NO/c1-13-4-2-3-5-16(13)17-12-15(8-11-19-17)14-6-9-18-10-7-14/h2-9,11-12,17-18H,10H2,1H3. The van der Waals surface area contributed by atoms with Crippen molar-refractivity contribution in [3.63, 3.8) is 0 Å². The van der Waals surface area contributed by atoms with Crippen LogP contribution in [-0.2, 0) is 4.74 Å². The smallest absolute Gasteiger partial charge is 0.142 e. The molecule has 1 aromatic carbocycles. The minimum Gasteiger partial charge on any atom is -0.489 e. The van der Waals surface area contributed by atoms with E-state index in [0.717, 1.165) is 6.54 Å². The molecule has 2 aliphatic rings. The summed E-state index contributed by atoms with van der Waals surface area (Å²) < 4.78 is 5.74. The first kappa shape index (κ1) is 11.8. The van der Waals surface area contributed by atoms with Crippen LogP contribution in [0.3, 0.4) is 0 Å². The van der Waals surface area contributed by atoms with E-state index in [1.165, 1.54) is 22.3 Å². The average molecular weight is 251 g/mol. The van der Waals surface area contributed by atoms with Gasteiger partial charge in [0.25, 0.3) is 0 Å². The van der Waals surface area contributed by atoms with Gasteiger partial charge in [-0.3, -0.25) is 0 Å². The topological polar surface area (TPSA) is 21.3 Å². The van der Waals surface area contributed by atoms with Crippen LogP contribution in [0.25, 0.3) is 0 Å². The second-order valence-corrected chi connectivity index (χ2v) is 4.74. The molecule has 1 N–H and O–H groups in total. The molecule has 0 radical (unpaired) electrons. The van der Waals surface area contributed by atoms with Crippen molar-refractivity contribution in [2.45, 2.75) is 13.0 Å². The Kier molecular flexibility index (Phi) is 3.23. The van der Waals surface area contributed by atoms with Gasteiger partial charge in [0.1, 0.15) is 6.10 Å². The highest BCUT2D eigenvalue weighted by Gasteiger charge is 2.16. The zero-order valence-corrected chi connectivity index (χ0v) is 11.0. The van der Waals surface area contributed by atoms with Crippen molar-refractivity contribution in [3.8, 4) is 0 Å². The van der Waals surface area contributed by atoms with Gasteiger partial charge in [0, 0.05) is 6.54 Å². The summed E-state index contributed by atoms with van der Waals surface area (Å²) in [6, 6.07) is 8.36. The molecule has 0 aliphatic carbocycles. The molecule has 19 heavy (non-hydrogen) atoms. The third-order valence-electron chi connectivity index (χ3n) is 3.45. The lowest BCUT2D eigenvalue weighted by Gasteiger charge is -2.21. The number of nitrogens with one attached hydrogen (secondary N) is 1. The fraction of sp³-hybridized carbons (Fsp3) is 0.176. The van der Waals surface area contributed by atoms with E-state index in [4.69, 9.17) is 4.74 Å². The Hall–Kier alpha value is -2.22. The summed E-state index contributed by atoms with van der Waals surface area (Å²) in [5.74, 6) is 0. The Labute approximate surface area is 113 Å². The van der Waals surface area contributed by atoms with E-state index >= 15 is 0 Å². The van der Waals surface area contributed by atoms with Gasteiger partial charge in [0.15, 0.2) is 0 Å². The molecule has 2 heterocycles. The molecule has 0 fully saturated rings. The third-order valence-corrected chi connectivity index (χ3v) is 3.45. The molecule has 0 bridgehead atoms. The predicted octanol–water partition coefficient (Wildman–Crippen LogP) is 3.55. The minimum absolute atomic E-state index is 0.00499. The summed E-state index contributed by atoms with van der Waals surface area (Å²) in [5, 5.41) is 3.17. The number of rotatable bonds is 2. The van der Waals surface area contributed by atoms with Crippen molar-refractivity contribution >= 4 is 0 Å². The molecule has 0 saturated carbocycles. The number of benzene rings is 1. The molecule has 2 heteroatoms. The number of hydrogen-bond acceptors (Lipinski definition) is 2. The predicted molar refractivity (Wildman–Crippen MR) is 77.5 cm³/mol. The fourth-order valence-corrected chi connectivity index (χ4v) is 2.38. The van der Waals surface area contributed by atoms with Gasteiger partial charge in [-0.15, -0.1) is 0 Å². The summed E-state index contributed by atoms with van der Waals surface area (Å²) in [6.07, 6.45) is 12.3. The molecule has 0 amide bonds. The molecule has 96 valence electrons. The lowest BCUT2D eigenvalue weighted by atomic mass is 9.96. The van der Waals surface area contributed by atoms with E-state index in [-0.39, 0.29) is 6.10 Å². The van der Waals surface area contributed by atoms with Crippen molar-refractivity contribution in [3.05, 3.63) is 83.3 Å². The number of aryl methyl sites for hydroxylation is 1. The molecular weight excluding hydrogens is 234 g/mol. The van der Waals surface area contributed by atoms with Gasteiger partial charge in [-0.25, -0.2) is 0 Å². The van der Waals surface area contributed by atoms with Crippen molar-refractivity contribution in [2.24, 2.45) is 0 Å². The maximum absolute atomic E-state index is 5.74. The van der Waals surface area contributed by atoms with Crippen LogP contribution in [0.5, 0.6) is 0 Å². The van der Waals surface area contributed by atoms with E-state index in [1.807, 2.05) is 12.3 Å². The van der Waals surface area contributed by atoms with Crippen LogP contribution in [0, 0.1) is 6.92 Å². The maximum atomic E-state index is 5.74. The van der Waals surface area contributed by atoms with Crippen LogP contribution in [0.4, 0.5) is 0 Å². The van der Waals surface area contributed by atoms with Gasteiger partial charge in [-0.1, -0.05) is 30.3 Å². The quantitative estimate of drug-likeness (QED) is 0.868. The zero-order chi connectivity index (χ0) is 13.1. The number of dihydropyridines is 1. The molecule has 1 atom stereocenters. The molecule has 1 unspecified atom stereocenters. The number of ether oxygens (including phenoxy) is 1. The molecule has 0 aromatic heterocycles. The fourth-order valence-electron chi connectivity index (χ4n) is 2.38. The highest BCUT2D eigenvalue weighted by molar-refractivity contribution is 5.49. The van der Waals surface area contributed by atoms with E-state index < -0.39 is 0 Å². The van der Waals surface area contributed by atoms with E-state index in [2.05, 4.69) is 54.7 Å². The minimum atomic E-state index is 0.00499. The first-order valence-electron chi connectivity index (χ1n) is 6.54. The van der Waals surface area contributed by atoms with Crippen molar-refractivity contribution in [2.75, 3.05) is 6.54 Å². The molecule has 2 aliphatic heterocycles. The summed E-state index contributed by atoms with van der Waals surface area (Å²) >= 11 is 0. The van der Waals surface area contributed by atoms with Crippen LogP contribution >= 0.6 is 0 Å². The Balaban J connectivity index is 1.91. The SMILES string of the molecule is Cc1ccccc1C1C=C(C2=CCNC=C2)C=CO1. The number of hydrogen-bond donors (Lipinski definition) is 1. The first-order valence-corrected chi connectivity index (χ1v) is 6.54. The van der Waals surface area contributed by atoms with Crippen LogP contribution in [0.1, 0.15) is 17.2 Å². The lowest BCUT2D eigenvalue weighted by Crippen LogP contribution is -2.11.